The zero-order chi connectivity index (χ0) is 31.7. The topological polar surface area (TPSA) is 105 Å². The highest BCUT2D eigenvalue weighted by Gasteiger charge is 2.35. The molecule has 0 unspecified atom stereocenters. The second kappa shape index (κ2) is 15.3. The van der Waals surface area contributed by atoms with E-state index in [9.17, 15) is 18.0 Å². The number of nitrogens with zero attached hydrogens (tertiary/aromatic N) is 2. The molecule has 0 saturated carbocycles. The van der Waals surface area contributed by atoms with Crippen LogP contribution in [0.15, 0.2) is 71.6 Å². The van der Waals surface area contributed by atoms with Gasteiger partial charge < -0.3 is 19.7 Å². The minimum Gasteiger partial charge on any atom is -0.497 e. The number of sulfonamides is 1. The fourth-order valence-electron chi connectivity index (χ4n) is 4.42. The molecule has 0 spiro atoms. The molecule has 1 N–H and O–H groups in total. The highest BCUT2D eigenvalue weighted by Crippen LogP contribution is 2.33. The predicted molar refractivity (Wildman–Crippen MR) is 170 cm³/mol. The molecule has 0 aliphatic rings. The van der Waals surface area contributed by atoms with Gasteiger partial charge in [0.15, 0.2) is 0 Å². The van der Waals surface area contributed by atoms with Crippen LogP contribution in [0.5, 0.6) is 11.5 Å². The minimum atomic E-state index is -4.30. The number of nitrogens with one attached hydrogen (secondary N) is 1. The molecule has 232 valence electrons. The molecule has 0 bridgehead atoms. The first-order valence-electron chi connectivity index (χ1n) is 13.8. The summed E-state index contributed by atoms with van der Waals surface area (Å²) in [6, 6.07) is 16.2. The van der Waals surface area contributed by atoms with Crippen molar-refractivity contribution in [1.29, 1.82) is 0 Å². The number of rotatable bonds is 14. The van der Waals surface area contributed by atoms with Crippen LogP contribution in [0.25, 0.3) is 0 Å². The number of methoxy groups -OCH3 is 2. The van der Waals surface area contributed by atoms with Crippen LogP contribution in [0, 0.1) is 0 Å². The molecular weight excluding hydrogens is 613 g/mol. The molecule has 3 rings (SSSR count). The summed E-state index contributed by atoms with van der Waals surface area (Å²) in [5.74, 6) is -0.235. The first-order valence-corrected chi connectivity index (χ1v) is 16.0. The molecule has 9 nitrogen and oxygen atoms in total. The Morgan fingerprint density at radius 3 is 2.19 bits per heavy atom. The van der Waals surface area contributed by atoms with Crippen molar-refractivity contribution in [2.75, 3.05) is 25.1 Å². The van der Waals surface area contributed by atoms with E-state index in [4.69, 9.17) is 32.7 Å². The van der Waals surface area contributed by atoms with Gasteiger partial charge in [0.05, 0.1) is 24.8 Å². The number of amides is 2. The fourth-order valence-corrected chi connectivity index (χ4v) is 6.31. The molecule has 0 aliphatic heterocycles. The van der Waals surface area contributed by atoms with Gasteiger partial charge in [-0.3, -0.25) is 13.9 Å². The number of hydrogen-bond donors (Lipinski definition) is 1. The summed E-state index contributed by atoms with van der Waals surface area (Å²) in [5, 5.41) is 3.68. The van der Waals surface area contributed by atoms with E-state index in [0.29, 0.717) is 27.8 Å². The third-order valence-electron chi connectivity index (χ3n) is 7.02. The zero-order valence-electron chi connectivity index (χ0n) is 24.8. The highest BCUT2D eigenvalue weighted by atomic mass is 35.5. The van der Waals surface area contributed by atoms with Gasteiger partial charge in [0.2, 0.25) is 11.8 Å². The summed E-state index contributed by atoms with van der Waals surface area (Å²) in [6.45, 7) is 4.93. The summed E-state index contributed by atoms with van der Waals surface area (Å²) < 4.78 is 39.9. The van der Waals surface area contributed by atoms with Gasteiger partial charge in [-0.2, -0.15) is 0 Å². The maximum Gasteiger partial charge on any atom is 0.264 e. The van der Waals surface area contributed by atoms with Crippen LogP contribution >= 0.6 is 23.2 Å². The van der Waals surface area contributed by atoms with E-state index in [1.54, 1.807) is 49.4 Å². The molecule has 43 heavy (non-hydrogen) atoms. The predicted octanol–water partition coefficient (Wildman–Crippen LogP) is 5.93. The molecule has 0 radical (unpaired) electrons. The first-order chi connectivity index (χ1) is 20.5. The Morgan fingerprint density at radius 1 is 0.930 bits per heavy atom. The van der Waals surface area contributed by atoms with Gasteiger partial charge in [0.25, 0.3) is 10.0 Å². The van der Waals surface area contributed by atoms with Crippen LogP contribution in [-0.2, 0) is 26.2 Å². The molecule has 0 aromatic heterocycles. The lowest BCUT2D eigenvalue weighted by Gasteiger charge is -2.34. The SMILES string of the molecule is CC[C@H](C(=O)N[C@@H](C)CC)N(Cc1ccc(Cl)cc1Cl)C(=O)CN(c1ccccc1OC)S(=O)(=O)c1ccc(OC)cc1. The Hall–Kier alpha value is -3.47. The molecule has 0 saturated heterocycles. The van der Waals surface area contributed by atoms with Gasteiger partial charge in [-0.15, -0.1) is 0 Å². The van der Waals surface area contributed by atoms with Crippen molar-refractivity contribution in [3.05, 3.63) is 82.3 Å². The van der Waals surface area contributed by atoms with Crippen LogP contribution in [0.1, 0.15) is 39.2 Å². The maximum absolute atomic E-state index is 14.3. The molecule has 0 heterocycles. The van der Waals surface area contributed by atoms with Gasteiger partial charge >= 0.3 is 0 Å². The minimum absolute atomic E-state index is 0.0520. The van der Waals surface area contributed by atoms with E-state index in [0.717, 1.165) is 4.31 Å². The fraction of sp³-hybridized carbons (Fsp3) is 0.355. The third-order valence-corrected chi connectivity index (χ3v) is 9.38. The Kier molecular flexibility index (Phi) is 12.1. The summed E-state index contributed by atoms with van der Waals surface area (Å²) in [7, 11) is -1.40. The maximum atomic E-state index is 14.3. The highest BCUT2D eigenvalue weighted by molar-refractivity contribution is 7.92. The molecule has 0 fully saturated rings. The molecule has 0 aliphatic carbocycles. The molecule has 3 aromatic carbocycles. The van der Waals surface area contributed by atoms with Crippen molar-refractivity contribution in [3.63, 3.8) is 0 Å². The number of para-hydroxylation sites is 2. The Morgan fingerprint density at radius 2 is 1.60 bits per heavy atom. The summed E-state index contributed by atoms with van der Waals surface area (Å²) in [4.78, 5) is 29.0. The van der Waals surface area contributed by atoms with E-state index >= 15 is 0 Å². The average Bonchev–Trinajstić information content (AvgIpc) is 3.00. The Labute approximate surface area is 263 Å². The summed E-state index contributed by atoms with van der Waals surface area (Å²) >= 11 is 12.6. The number of halogens is 2. The van der Waals surface area contributed by atoms with Gasteiger partial charge in [-0.1, -0.05) is 55.2 Å². The number of carbonyl (C=O) groups excluding carboxylic acids is 2. The smallest absolute Gasteiger partial charge is 0.264 e. The number of carbonyl (C=O) groups is 2. The van der Waals surface area contributed by atoms with Crippen molar-refractivity contribution in [2.45, 2.75) is 57.1 Å². The molecule has 12 heteroatoms. The van der Waals surface area contributed by atoms with Crippen LogP contribution < -0.4 is 19.1 Å². The Balaban J connectivity index is 2.12. The number of benzene rings is 3. The van der Waals surface area contributed by atoms with Crippen molar-refractivity contribution in [2.24, 2.45) is 0 Å². The largest absolute Gasteiger partial charge is 0.497 e. The van der Waals surface area contributed by atoms with Crippen molar-refractivity contribution in [3.8, 4) is 11.5 Å². The van der Waals surface area contributed by atoms with Crippen LogP contribution in [0.4, 0.5) is 5.69 Å². The van der Waals surface area contributed by atoms with E-state index in [-0.39, 0.29) is 41.2 Å². The van der Waals surface area contributed by atoms with Crippen LogP contribution in [0.2, 0.25) is 10.0 Å². The van der Waals surface area contributed by atoms with Gasteiger partial charge in [-0.05, 0) is 73.9 Å². The van der Waals surface area contributed by atoms with Crippen LogP contribution in [-0.4, -0.2) is 58.0 Å². The lowest BCUT2D eigenvalue weighted by atomic mass is 10.1. The first kappa shape index (κ1) is 34.0. The van der Waals surface area contributed by atoms with Gasteiger partial charge in [0.1, 0.15) is 24.1 Å². The normalized spacial score (nSPS) is 12.6. The number of anilines is 1. The number of hydrogen-bond acceptors (Lipinski definition) is 6. The van der Waals surface area contributed by atoms with Gasteiger partial charge in [-0.25, -0.2) is 8.42 Å². The molecule has 2 atom stereocenters. The quantitative estimate of drug-likeness (QED) is 0.232. The lowest BCUT2D eigenvalue weighted by molar-refractivity contribution is -0.140. The lowest BCUT2D eigenvalue weighted by Crippen LogP contribution is -2.53. The van der Waals surface area contributed by atoms with E-state index in [2.05, 4.69) is 5.32 Å². The van der Waals surface area contributed by atoms with Crippen molar-refractivity contribution < 1.29 is 27.5 Å². The molecule has 3 aromatic rings. The second-order valence-electron chi connectivity index (χ2n) is 9.86. The Bertz CT molecular complexity index is 1520. The van der Waals surface area contributed by atoms with Crippen molar-refractivity contribution >= 4 is 50.7 Å². The van der Waals surface area contributed by atoms with E-state index in [1.807, 2.05) is 13.8 Å². The third kappa shape index (κ3) is 8.34. The monoisotopic (exact) mass is 649 g/mol. The van der Waals surface area contributed by atoms with Crippen LogP contribution in [0.3, 0.4) is 0 Å². The zero-order valence-corrected chi connectivity index (χ0v) is 27.2. The van der Waals surface area contributed by atoms with E-state index < -0.39 is 28.5 Å². The standard InChI is InChI=1S/C31H37Cl2N3O6S/c1-6-21(3)34-31(38)27(7-2)35(19-22-12-13-23(32)18-26(22)33)30(37)20-36(28-10-8-9-11-29(28)42-5)43(39,40)25-16-14-24(41-4)15-17-25/h8-18,21,27H,6-7,19-20H2,1-5H3,(H,34,38)/t21-,27+/m0/s1. The molecular formula is C31H37Cl2N3O6S. The molecule has 2 amide bonds. The summed E-state index contributed by atoms with van der Waals surface area (Å²) in [6.07, 6.45) is 0.972. The van der Waals surface area contributed by atoms with E-state index in [1.165, 1.54) is 43.4 Å². The van der Waals surface area contributed by atoms with Gasteiger partial charge in [0, 0.05) is 22.6 Å². The number of ether oxygens (including phenoxy) is 2. The average molecular weight is 651 g/mol. The van der Waals surface area contributed by atoms with Crippen molar-refractivity contribution in [1.82, 2.24) is 10.2 Å². The summed E-state index contributed by atoms with van der Waals surface area (Å²) in [5.41, 5.74) is 0.715. The second-order valence-corrected chi connectivity index (χ2v) is 12.6.